The minimum atomic E-state index is -0.0923. The Morgan fingerprint density at radius 1 is 1.33 bits per heavy atom. The monoisotopic (exact) mass is 346 g/mol. The fourth-order valence-electron chi connectivity index (χ4n) is 2.18. The number of para-hydroxylation sites is 2. The zero-order valence-electron chi connectivity index (χ0n) is 11.3. The number of aryl methyl sites for hydroxylation is 1. The average molecular weight is 347 g/mol. The third-order valence-electron chi connectivity index (χ3n) is 3.21. The number of rotatable bonds is 5. The summed E-state index contributed by atoms with van der Waals surface area (Å²) in [5, 5.41) is 2.88. The SMILES string of the molecule is O=C(NCCCc1nc2ccccc2[nH]1)c1cc(Br)c[nH]1. The molecule has 1 aromatic carbocycles. The lowest BCUT2D eigenvalue weighted by molar-refractivity contribution is 0.0949. The van der Waals surface area contributed by atoms with Crippen LogP contribution in [0.3, 0.4) is 0 Å². The normalized spacial score (nSPS) is 10.9. The lowest BCUT2D eigenvalue weighted by atomic mass is 10.3. The molecule has 21 heavy (non-hydrogen) atoms. The Morgan fingerprint density at radius 3 is 2.95 bits per heavy atom. The van der Waals surface area contributed by atoms with E-state index in [1.807, 2.05) is 24.3 Å². The number of aromatic nitrogens is 3. The molecule has 0 spiro atoms. The van der Waals surface area contributed by atoms with Crippen molar-refractivity contribution in [2.24, 2.45) is 0 Å². The van der Waals surface area contributed by atoms with E-state index in [4.69, 9.17) is 0 Å². The fraction of sp³-hybridized carbons (Fsp3) is 0.200. The molecule has 0 unspecified atom stereocenters. The summed E-state index contributed by atoms with van der Waals surface area (Å²) in [5.74, 6) is 0.860. The molecule has 1 amide bonds. The maximum atomic E-state index is 11.8. The standard InChI is InChI=1S/C15H15BrN4O/c16-10-8-13(18-9-10)15(21)17-7-3-6-14-19-11-4-1-2-5-12(11)20-14/h1-2,4-5,8-9,18H,3,6-7H2,(H,17,21)(H,19,20). The summed E-state index contributed by atoms with van der Waals surface area (Å²) < 4.78 is 0.870. The van der Waals surface area contributed by atoms with Crippen LogP contribution in [-0.2, 0) is 6.42 Å². The van der Waals surface area contributed by atoms with Crippen LogP contribution in [0.2, 0.25) is 0 Å². The quantitative estimate of drug-likeness (QED) is 0.621. The second-order valence-electron chi connectivity index (χ2n) is 4.79. The minimum Gasteiger partial charge on any atom is -0.356 e. The van der Waals surface area contributed by atoms with E-state index in [1.54, 1.807) is 12.3 Å². The van der Waals surface area contributed by atoms with Crippen molar-refractivity contribution < 1.29 is 4.79 Å². The van der Waals surface area contributed by atoms with Crippen molar-refractivity contribution in [3.8, 4) is 0 Å². The number of nitrogens with one attached hydrogen (secondary N) is 3. The third kappa shape index (κ3) is 3.33. The average Bonchev–Trinajstić information content (AvgIpc) is 3.09. The molecule has 0 fully saturated rings. The highest BCUT2D eigenvalue weighted by Gasteiger charge is 2.07. The Balaban J connectivity index is 1.49. The summed E-state index contributed by atoms with van der Waals surface area (Å²) >= 11 is 3.31. The molecule has 5 nitrogen and oxygen atoms in total. The van der Waals surface area contributed by atoms with Crippen LogP contribution in [-0.4, -0.2) is 27.4 Å². The van der Waals surface area contributed by atoms with Crippen LogP contribution in [0.5, 0.6) is 0 Å². The number of fused-ring (bicyclic) bond motifs is 1. The van der Waals surface area contributed by atoms with Crippen LogP contribution in [0, 0.1) is 0 Å². The van der Waals surface area contributed by atoms with Crippen molar-refractivity contribution in [1.82, 2.24) is 20.3 Å². The van der Waals surface area contributed by atoms with Crippen LogP contribution in [0.4, 0.5) is 0 Å². The van der Waals surface area contributed by atoms with Gasteiger partial charge in [0.2, 0.25) is 0 Å². The lowest BCUT2D eigenvalue weighted by Crippen LogP contribution is -2.25. The van der Waals surface area contributed by atoms with Crippen molar-refractivity contribution in [1.29, 1.82) is 0 Å². The number of hydrogen-bond acceptors (Lipinski definition) is 2. The first-order valence-electron chi connectivity index (χ1n) is 6.78. The van der Waals surface area contributed by atoms with Gasteiger partial charge in [0.25, 0.3) is 5.91 Å². The Labute approximate surface area is 130 Å². The summed E-state index contributed by atoms with van der Waals surface area (Å²) in [7, 11) is 0. The van der Waals surface area contributed by atoms with Gasteiger partial charge in [-0.2, -0.15) is 0 Å². The van der Waals surface area contributed by atoms with Gasteiger partial charge in [0.1, 0.15) is 11.5 Å². The number of carbonyl (C=O) groups excluding carboxylic acids is 1. The number of halogens is 1. The maximum Gasteiger partial charge on any atom is 0.267 e. The summed E-state index contributed by atoms with van der Waals surface area (Å²) in [6.07, 6.45) is 3.39. The van der Waals surface area contributed by atoms with Crippen molar-refractivity contribution in [3.63, 3.8) is 0 Å². The predicted molar refractivity (Wildman–Crippen MR) is 85.2 cm³/mol. The van der Waals surface area contributed by atoms with E-state index in [9.17, 15) is 4.79 Å². The van der Waals surface area contributed by atoms with E-state index in [0.29, 0.717) is 12.2 Å². The number of nitrogens with zero attached hydrogens (tertiary/aromatic N) is 1. The maximum absolute atomic E-state index is 11.8. The number of benzene rings is 1. The summed E-state index contributed by atoms with van der Waals surface area (Å²) in [5.41, 5.74) is 2.59. The van der Waals surface area contributed by atoms with Crippen LogP contribution in [0.25, 0.3) is 11.0 Å². The van der Waals surface area contributed by atoms with Gasteiger partial charge < -0.3 is 15.3 Å². The molecule has 3 rings (SSSR count). The second kappa shape index (κ2) is 6.13. The molecule has 3 aromatic rings. The molecule has 0 aliphatic carbocycles. The van der Waals surface area contributed by atoms with Crippen molar-refractivity contribution in [3.05, 3.63) is 52.5 Å². The second-order valence-corrected chi connectivity index (χ2v) is 5.71. The molecular weight excluding hydrogens is 332 g/mol. The van der Waals surface area contributed by atoms with Crippen LogP contribution < -0.4 is 5.32 Å². The van der Waals surface area contributed by atoms with Crippen molar-refractivity contribution in [2.75, 3.05) is 6.54 Å². The number of aromatic amines is 2. The first-order valence-corrected chi connectivity index (χ1v) is 7.57. The number of amides is 1. The minimum absolute atomic E-state index is 0.0923. The molecule has 0 aliphatic rings. The molecule has 0 atom stereocenters. The molecule has 6 heteroatoms. The molecular formula is C15H15BrN4O. The largest absolute Gasteiger partial charge is 0.356 e. The van der Waals surface area contributed by atoms with Gasteiger partial charge in [-0.1, -0.05) is 12.1 Å². The van der Waals surface area contributed by atoms with E-state index >= 15 is 0 Å². The van der Waals surface area contributed by atoms with E-state index in [1.165, 1.54) is 0 Å². The molecule has 0 radical (unpaired) electrons. The number of H-pyrrole nitrogens is 2. The van der Waals surface area contributed by atoms with E-state index in [2.05, 4.69) is 36.2 Å². The van der Waals surface area contributed by atoms with Gasteiger partial charge in [-0.05, 0) is 40.5 Å². The van der Waals surface area contributed by atoms with Crippen LogP contribution in [0.15, 0.2) is 41.0 Å². The molecule has 0 aliphatic heterocycles. The van der Waals surface area contributed by atoms with E-state index < -0.39 is 0 Å². The van der Waals surface area contributed by atoms with Crippen LogP contribution >= 0.6 is 15.9 Å². The van der Waals surface area contributed by atoms with E-state index in [0.717, 1.165) is 34.2 Å². The van der Waals surface area contributed by atoms with Gasteiger partial charge in [-0.3, -0.25) is 4.79 Å². The smallest absolute Gasteiger partial charge is 0.267 e. The summed E-state index contributed by atoms with van der Waals surface area (Å²) in [6.45, 7) is 0.618. The predicted octanol–water partition coefficient (Wildman–Crippen LogP) is 3.02. The number of imidazole rings is 1. The van der Waals surface area contributed by atoms with Crippen molar-refractivity contribution in [2.45, 2.75) is 12.8 Å². The van der Waals surface area contributed by atoms with Gasteiger partial charge >= 0.3 is 0 Å². The van der Waals surface area contributed by atoms with Gasteiger partial charge in [-0.25, -0.2) is 4.98 Å². The zero-order valence-corrected chi connectivity index (χ0v) is 12.9. The molecule has 0 bridgehead atoms. The third-order valence-corrected chi connectivity index (χ3v) is 3.66. The first-order chi connectivity index (χ1) is 10.2. The summed E-state index contributed by atoms with van der Waals surface area (Å²) in [4.78, 5) is 22.5. The Hall–Kier alpha value is -2.08. The molecule has 2 heterocycles. The van der Waals surface area contributed by atoms with Crippen molar-refractivity contribution >= 4 is 32.9 Å². The van der Waals surface area contributed by atoms with Crippen LogP contribution in [0.1, 0.15) is 22.7 Å². The van der Waals surface area contributed by atoms with Gasteiger partial charge in [-0.15, -0.1) is 0 Å². The fourth-order valence-corrected chi connectivity index (χ4v) is 2.52. The lowest BCUT2D eigenvalue weighted by Gasteiger charge is -2.02. The highest BCUT2D eigenvalue weighted by Crippen LogP contribution is 2.12. The molecule has 108 valence electrons. The zero-order chi connectivity index (χ0) is 14.7. The molecule has 0 saturated carbocycles. The molecule has 3 N–H and O–H groups in total. The summed E-state index contributed by atoms with van der Waals surface area (Å²) in [6, 6.07) is 9.71. The van der Waals surface area contributed by atoms with Gasteiger partial charge in [0.05, 0.1) is 11.0 Å². The van der Waals surface area contributed by atoms with Gasteiger partial charge in [0, 0.05) is 23.6 Å². The molecule has 0 saturated heterocycles. The van der Waals surface area contributed by atoms with Gasteiger partial charge in [0.15, 0.2) is 0 Å². The highest BCUT2D eigenvalue weighted by atomic mass is 79.9. The topological polar surface area (TPSA) is 73.6 Å². The highest BCUT2D eigenvalue weighted by molar-refractivity contribution is 9.10. The Morgan fingerprint density at radius 2 is 2.19 bits per heavy atom. The van der Waals surface area contributed by atoms with E-state index in [-0.39, 0.29) is 5.91 Å². The Bertz CT molecular complexity index is 729. The first kappa shape index (κ1) is 13.9. The number of hydrogen-bond donors (Lipinski definition) is 3. The number of carbonyl (C=O) groups is 1. The Kier molecular flexibility index (Phi) is 4.06. The molecule has 2 aromatic heterocycles.